The molecule has 0 aliphatic carbocycles. The predicted octanol–water partition coefficient (Wildman–Crippen LogP) is 1.62. The topological polar surface area (TPSA) is 107 Å². The van der Waals surface area contributed by atoms with Gasteiger partial charge in [-0.1, -0.05) is 6.07 Å². The Bertz CT molecular complexity index is 921. The minimum absolute atomic E-state index is 0.0154. The first-order valence-electron chi connectivity index (χ1n) is 9.31. The van der Waals surface area contributed by atoms with Gasteiger partial charge in [0, 0.05) is 44.5 Å². The summed E-state index contributed by atoms with van der Waals surface area (Å²) < 4.78 is 44.9. The number of hydrogen-bond donors (Lipinski definition) is 1. The summed E-state index contributed by atoms with van der Waals surface area (Å²) in [5.41, 5.74) is 0.447. The fourth-order valence-corrected chi connectivity index (χ4v) is 3.59. The third-order valence-corrected chi connectivity index (χ3v) is 5.24. The van der Waals surface area contributed by atoms with E-state index < -0.39 is 12.1 Å². The standard InChI is InChI=1S/C17H20N4O3.C2HF3O2/c1-20-14(5-7-19-20)16(22)21-8-13-9-23-11-17(13,10-21)12-24-15-4-2-3-6-18-15;3-2(4,5)1(6)7/h2-7,13H,8-12H2,1H3;(H,6,7)/t13-,17+;/m1./s1. The number of rotatable bonds is 4. The van der Waals surface area contributed by atoms with Crippen LogP contribution in [0.15, 0.2) is 36.7 Å². The minimum atomic E-state index is -5.08. The zero-order valence-electron chi connectivity index (χ0n) is 16.6. The largest absolute Gasteiger partial charge is 0.490 e. The first-order valence-corrected chi connectivity index (χ1v) is 9.31. The molecule has 12 heteroatoms. The van der Waals surface area contributed by atoms with E-state index >= 15 is 0 Å². The van der Waals surface area contributed by atoms with Gasteiger partial charge in [-0.25, -0.2) is 9.78 Å². The van der Waals surface area contributed by atoms with E-state index in [1.54, 1.807) is 30.2 Å². The number of amides is 1. The highest BCUT2D eigenvalue weighted by molar-refractivity contribution is 5.92. The van der Waals surface area contributed by atoms with Crippen molar-refractivity contribution in [3.8, 4) is 5.88 Å². The third-order valence-electron chi connectivity index (χ3n) is 5.24. The Morgan fingerprint density at radius 1 is 1.32 bits per heavy atom. The summed E-state index contributed by atoms with van der Waals surface area (Å²) >= 11 is 0. The van der Waals surface area contributed by atoms with Crippen molar-refractivity contribution in [2.24, 2.45) is 18.4 Å². The van der Waals surface area contributed by atoms with Crippen LogP contribution in [-0.2, 0) is 16.6 Å². The highest BCUT2D eigenvalue weighted by atomic mass is 19.4. The number of halogens is 3. The van der Waals surface area contributed by atoms with E-state index in [0.29, 0.717) is 50.4 Å². The van der Waals surface area contributed by atoms with Crippen molar-refractivity contribution < 1.29 is 37.3 Å². The quantitative estimate of drug-likeness (QED) is 0.767. The van der Waals surface area contributed by atoms with E-state index in [-0.39, 0.29) is 11.3 Å². The molecule has 0 spiro atoms. The van der Waals surface area contributed by atoms with Crippen molar-refractivity contribution in [2.75, 3.05) is 32.9 Å². The van der Waals surface area contributed by atoms with Gasteiger partial charge in [0.25, 0.3) is 5.91 Å². The van der Waals surface area contributed by atoms with E-state index in [1.165, 1.54) is 0 Å². The smallest absolute Gasteiger partial charge is 0.477 e. The monoisotopic (exact) mass is 442 g/mol. The molecule has 2 aliphatic heterocycles. The lowest BCUT2D eigenvalue weighted by Gasteiger charge is -2.26. The fourth-order valence-electron chi connectivity index (χ4n) is 3.59. The molecule has 9 nitrogen and oxygen atoms in total. The van der Waals surface area contributed by atoms with Gasteiger partial charge in [-0.2, -0.15) is 18.3 Å². The number of hydrogen-bond acceptors (Lipinski definition) is 6. The number of likely N-dealkylation sites (tertiary alicyclic amines) is 1. The number of pyridine rings is 1. The number of nitrogens with zero attached hydrogens (tertiary/aromatic N) is 4. The first kappa shape index (κ1) is 22.5. The maximum Gasteiger partial charge on any atom is 0.490 e. The van der Waals surface area contributed by atoms with E-state index in [2.05, 4.69) is 10.1 Å². The number of carbonyl (C=O) groups excluding carboxylic acids is 1. The molecule has 0 saturated carbocycles. The number of alkyl halides is 3. The number of aliphatic carboxylic acids is 1. The van der Waals surface area contributed by atoms with Crippen LogP contribution in [0.3, 0.4) is 0 Å². The van der Waals surface area contributed by atoms with Crippen LogP contribution >= 0.6 is 0 Å². The SMILES string of the molecule is Cn1nccc1C(=O)N1C[C@@H]2COC[C@]2(COc2ccccn2)C1.O=C(O)C(F)(F)F. The Morgan fingerprint density at radius 3 is 2.65 bits per heavy atom. The van der Waals surface area contributed by atoms with E-state index in [4.69, 9.17) is 19.4 Å². The van der Waals surface area contributed by atoms with Crippen molar-refractivity contribution >= 4 is 11.9 Å². The molecule has 0 bridgehead atoms. The summed E-state index contributed by atoms with van der Waals surface area (Å²) in [4.78, 5) is 27.7. The second-order valence-electron chi connectivity index (χ2n) is 7.36. The molecule has 2 aliphatic rings. The normalized spacial score (nSPS) is 22.5. The van der Waals surface area contributed by atoms with Crippen LogP contribution in [0.2, 0.25) is 0 Å². The van der Waals surface area contributed by atoms with E-state index in [1.807, 2.05) is 23.1 Å². The van der Waals surface area contributed by atoms with Gasteiger partial charge >= 0.3 is 12.1 Å². The molecule has 0 unspecified atom stereocenters. The van der Waals surface area contributed by atoms with Crippen molar-refractivity contribution in [3.05, 3.63) is 42.4 Å². The Balaban J connectivity index is 0.000000339. The number of fused-ring (bicyclic) bond motifs is 1. The van der Waals surface area contributed by atoms with Crippen LogP contribution in [0.25, 0.3) is 0 Å². The summed E-state index contributed by atoms with van der Waals surface area (Å²) in [6, 6.07) is 7.35. The zero-order valence-corrected chi connectivity index (χ0v) is 16.6. The Kier molecular flexibility index (Phi) is 6.48. The zero-order chi connectivity index (χ0) is 22.6. The molecule has 1 amide bonds. The number of aryl methyl sites for hydroxylation is 1. The lowest BCUT2D eigenvalue weighted by molar-refractivity contribution is -0.192. The maximum atomic E-state index is 12.7. The molecular weight excluding hydrogens is 421 g/mol. The third kappa shape index (κ3) is 5.13. The molecule has 0 aromatic carbocycles. The number of carbonyl (C=O) groups is 2. The van der Waals surface area contributed by atoms with Crippen molar-refractivity contribution in [1.29, 1.82) is 0 Å². The van der Waals surface area contributed by atoms with Gasteiger partial charge in [0.2, 0.25) is 5.88 Å². The number of carboxylic acids is 1. The molecule has 2 aromatic heterocycles. The van der Waals surface area contributed by atoms with Gasteiger partial charge in [0.1, 0.15) is 5.69 Å². The van der Waals surface area contributed by atoms with Gasteiger partial charge in [-0.15, -0.1) is 0 Å². The van der Waals surface area contributed by atoms with Gasteiger partial charge in [0.15, 0.2) is 0 Å². The molecule has 2 fully saturated rings. The average molecular weight is 442 g/mol. The molecule has 168 valence electrons. The second-order valence-corrected chi connectivity index (χ2v) is 7.36. The predicted molar refractivity (Wildman–Crippen MR) is 99.3 cm³/mol. The molecule has 1 N–H and O–H groups in total. The Hall–Kier alpha value is -3.15. The van der Waals surface area contributed by atoms with Gasteiger partial charge < -0.3 is 19.5 Å². The Morgan fingerprint density at radius 2 is 2.06 bits per heavy atom. The molecule has 2 atom stereocenters. The molecule has 4 rings (SSSR count). The molecule has 0 radical (unpaired) electrons. The summed E-state index contributed by atoms with van der Waals surface area (Å²) in [5, 5.41) is 11.2. The molecule has 2 saturated heterocycles. The number of carboxylic acid groups (broad SMARTS) is 1. The number of aromatic nitrogens is 3. The summed E-state index contributed by atoms with van der Waals surface area (Å²) in [7, 11) is 1.78. The first-order chi connectivity index (χ1) is 14.6. The van der Waals surface area contributed by atoms with Crippen LogP contribution in [-0.4, -0.2) is 75.7 Å². The number of ether oxygens (including phenoxy) is 2. The second kappa shape index (κ2) is 8.92. The highest BCUT2D eigenvalue weighted by Crippen LogP contribution is 2.42. The molecule has 2 aromatic rings. The molecule has 31 heavy (non-hydrogen) atoms. The van der Waals surface area contributed by atoms with Gasteiger partial charge in [-0.3, -0.25) is 9.48 Å². The molecule has 4 heterocycles. The highest BCUT2D eigenvalue weighted by Gasteiger charge is 2.52. The van der Waals surface area contributed by atoms with Crippen LogP contribution in [0.1, 0.15) is 10.5 Å². The minimum Gasteiger partial charge on any atom is -0.477 e. The van der Waals surface area contributed by atoms with E-state index in [9.17, 15) is 18.0 Å². The van der Waals surface area contributed by atoms with Crippen LogP contribution in [0.4, 0.5) is 13.2 Å². The summed E-state index contributed by atoms with van der Waals surface area (Å²) in [6.45, 7) is 3.11. The van der Waals surface area contributed by atoms with Crippen LogP contribution in [0.5, 0.6) is 5.88 Å². The summed E-state index contributed by atoms with van der Waals surface area (Å²) in [6.07, 6.45) is -1.73. The van der Waals surface area contributed by atoms with Gasteiger partial charge in [0.05, 0.1) is 25.2 Å². The molecular formula is C19H21F3N4O5. The van der Waals surface area contributed by atoms with E-state index in [0.717, 1.165) is 0 Å². The van der Waals surface area contributed by atoms with Crippen LogP contribution < -0.4 is 4.74 Å². The Labute approximate surface area is 175 Å². The fraction of sp³-hybridized carbons (Fsp3) is 0.474. The van der Waals surface area contributed by atoms with Crippen molar-refractivity contribution in [3.63, 3.8) is 0 Å². The maximum absolute atomic E-state index is 12.7. The van der Waals surface area contributed by atoms with Crippen LogP contribution in [0, 0.1) is 11.3 Å². The lowest BCUT2D eigenvalue weighted by Crippen LogP contribution is -2.38. The van der Waals surface area contributed by atoms with Crippen molar-refractivity contribution in [2.45, 2.75) is 6.18 Å². The summed E-state index contributed by atoms with van der Waals surface area (Å²) in [5.74, 6) is -1.85. The average Bonchev–Trinajstić information content (AvgIpc) is 3.40. The lowest BCUT2D eigenvalue weighted by atomic mass is 9.82. The van der Waals surface area contributed by atoms with Gasteiger partial charge in [-0.05, 0) is 12.1 Å². The van der Waals surface area contributed by atoms with Crippen molar-refractivity contribution in [1.82, 2.24) is 19.7 Å².